The van der Waals surface area contributed by atoms with E-state index in [4.69, 9.17) is 16.1 Å². The number of hydrogen-bond donors (Lipinski definition) is 1. The predicted octanol–water partition coefficient (Wildman–Crippen LogP) is 3.83. The fourth-order valence-corrected chi connectivity index (χ4v) is 7.01. The number of sulfonamides is 1. The number of rotatable bonds is 7. The van der Waals surface area contributed by atoms with Crippen molar-refractivity contribution in [2.24, 2.45) is 5.92 Å². The Balaban J connectivity index is 1.40. The largest absolute Gasteiger partial charge is 0.355 e. The van der Waals surface area contributed by atoms with Crippen molar-refractivity contribution < 1.29 is 17.7 Å². The topological polar surface area (TPSA) is 105 Å². The van der Waals surface area contributed by atoms with Gasteiger partial charge in [0.25, 0.3) is 0 Å². The number of piperidine rings is 1. The number of halogens is 1. The van der Waals surface area contributed by atoms with Crippen molar-refractivity contribution in [2.75, 3.05) is 19.6 Å². The van der Waals surface area contributed by atoms with Gasteiger partial charge < -0.3 is 9.84 Å². The summed E-state index contributed by atoms with van der Waals surface area (Å²) in [5.74, 6) is 0.297. The minimum absolute atomic E-state index is 0.117. The second-order valence-corrected chi connectivity index (χ2v) is 11.6. The highest BCUT2D eigenvalue weighted by Crippen LogP contribution is 2.34. The molecule has 3 aromatic rings. The lowest BCUT2D eigenvalue weighted by atomic mass is 9.99. The SMILES string of the molecule is Cc1nc(-c2cc(S(=O)(=O)N3CCC[C@@H](C(=O)NCCc4ccc(Cl)cc4)C3)c(C)s2)no1. The molecule has 3 heterocycles. The molecule has 1 fully saturated rings. The lowest BCUT2D eigenvalue weighted by Gasteiger charge is -2.31. The second-order valence-electron chi connectivity index (χ2n) is 8.04. The van der Waals surface area contributed by atoms with E-state index in [1.165, 1.54) is 15.6 Å². The molecule has 1 aliphatic rings. The first kappa shape index (κ1) is 23.9. The number of benzene rings is 1. The van der Waals surface area contributed by atoms with Gasteiger partial charge in [0.2, 0.25) is 27.6 Å². The maximum atomic E-state index is 13.4. The highest BCUT2D eigenvalue weighted by molar-refractivity contribution is 7.89. The number of amides is 1. The number of nitrogens with zero attached hydrogens (tertiary/aromatic N) is 3. The molecule has 0 unspecified atom stereocenters. The minimum atomic E-state index is -3.74. The molecule has 0 spiro atoms. The van der Waals surface area contributed by atoms with E-state index in [0.717, 1.165) is 5.56 Å². The summed E-state index contributed by atoms with van der Waals surface area (Å²) in [6, 6.07) is 9.09. The number of carbonyl (C=O) groups excluding carboxylic acids is 1. The van der Waals surface area contributed by atoms with Crippen molar-refractivity contribution in [3.05, 3.63) is 51.7 Å². The van der Waals surface area contributed by atoms with Crippen LogP contribution in [0.4, 0.5) is 0 Å². The fraction of sp³-hybridized carbons (Fsp3) is 0.409. The Morgan fingerprint density at radius 3 is 2.76 bits per heavy atom. The first-order chi connectivity index (χ1) is 15.7. The fourth-order valence-electron chi connectivity index (χ4n) is 3.87. The molecule has 0 aliphatic carbocycles. The normalized spacial score (nSPS) is 17.2. The van der Waals surface area contributed by atoms with E-state index in [2.05, 4.69) is 15.5 Å². The van der Waals surface area contributed by atoms with Crippen molar-refractivity contribution in [1.82, 2.24) is 19.8 Å². The molecular weight excluding hydrogens is 484 g/mol. The van der Waals surface area contributed by atoms with E-state index in [9.17, 15) is 13.2 Å². The van der Waals surface area contributed by atoms with Crippen LogP contribution in [0.5, 0.6) is 0 Å². The van der Waals surface area contributed by atoms with Crippen molar-refractivity contribution in [3.8, 4) is 10.7 Å². The lowest BCUT2D eigenvalue weighted by Crippen LogP contribution is -2.45. The van der Waals surface area contributed by atoms with Crippen molar-refractivity contribution >= 4 is 38.9 Å². The summed E-state index contributed by atoms with van der Waals surface area (Å²) >= 11 is 7.21. The van der Waals surface area contributed by atoms with Gasteiger partial charge in [-0.3, -0.25) is 4.79 Å². The Kier molecular flexibility index (Phi) is 7.18. The zero-order valence-electron chi connectivity index (χ0n) is 18.4. The molecule has 33 heavy (non-hydrogen) atoms. The van der Waals surface area contributed by atoms with Gasteiger partial charge in [-0.2, -0.15) is 9.29 Å². The average Bonchev–Trinajstić information content (AvgIpc) is 3.41. The van der Waals surface area contributed by atoms with Crippen LogP contribution < -0.4 is 5.32 Å². The summed E-state index contributed by atoms with van der Waals surface area (Å²) in [5.41, 5.74) is 1.08. The van der Waals surface area contributed by atoms with E-state index < -0.39 is 10.0 Å². The van der Waals surface area contributed by atoms with E-state index in [0.29, 0.717) is 58.8 Å². The van der Waals surface area contributed by atoms with E-state index >= 15 is 0 Å². The van der Waals surface area contributed by atoms with E-state index in [1.807, 2.05) is 24.3 Å². The van der Waals surface area contributed by atoms with Crippen molar-refractivity contribution in [2.45, 2.75) is 38.0 Å². The Labute approximate surface area is 202 Å². The Bertz CT molecular complexity index is 1240. The van der Waals surface area contributed by atoms with Crippen molar-refractivity contribution in [3.63, 3.8) is 0 Å². The van der Waals surface area contributed by atoms with Gasteiger partial charge in [0.1, 0.15) is 0 Å². The molecule has 1 aromatic carbocycles. The molecule has 0 radical (unpaired) electrons. The quantitative estimate of drug-likeness (QED) is 0.520. The highest BCUT2D eigenvalue weighted by atomic mass is 35.5. The molecule has 1 aliphatic heterocycles. The van der Waals surface area contributed by atoms with Gasteiger partial charge in [0, 0.05) is 36.5 Å². The van der Waals surface area contributed by atoms with Crippen LogP contribution in [0, 0.1) is 19.8 Å². The Hall–Kier alpha value is -2.27. The van der Waals surface area contributed by atoms with Crippen LogP contribution in [0.1, 0.15) is 29.2 Å². The zero-order valence-corrected chi connectivity index (χ0v) is 20.8. The third kappa shape index (κ3) is 5.46. The Morgan fingerprint density at radius 2 is 2.06 bits per heavy atom. The average molecular weight is 509 g/mol. The van der Waals surface area contributed by atoms with Gasteiger partial charge in [-0.25, -0.2) is 8.42 Å². The molecule has 1 saturated heterocycles. The first-order valence-corrected chi connectivity index (χ1v) is 13.3. The summed E-state index contributed by atoms with van der Waals surface area (Å²) in [7, 11) is -3.74. The molecule has 1 N–H and O–H groups in total. The summed E-state index contributed by atoms with van der Waals surface area (Å²) in [6.45, 7) is 4.49. The first-order valence-electron chi connectivity index (χ1n) is 10.7. The van der Waals surface area contributed by atoms with E-state index in [-0.39, 0.29) is 23.3 Å². The van der Waals surface area contributed by atoms with Crippen LogP contribution in [0.15, 0.2) is 39.8 Å². The molecule has 11 heteroatoms. The second kappa shape index (κ2) is 9.92. The number of thiophene rings is 1. The molecule has 1 atom stereocenters. The summed E-state index contributed by atoms with van der Waals surface area (Å²) in [4.78, 5) is 18.4. The highest BCUT2D eigenvalue weighted by Gasteiger charge is 2.35. The third-order valence-electron chi connectivity index (χ3n) is 5.62. The van der Waals surface area contributed by atoms with Gasteiger partial charge in [-0.05, 0) is 49.9 Å². The summed E-state index contributed by atoms with van der Waals surface area (Å²) in [6.07, 6.45) is 1.98. The van der Waals surface area contributed by atoms with Gasteiger partial charge in [-0.1, -0.05) is 28.9 Å². The molecule has 0 saturated carbocycles. The predicted molar refractivity (Wildman–Crippen MR) is 127 cm³/mol. The molecule has 0 bridgehead atoms. The van der Waals surface area contributed by atoms with Crippen LogP contribution in [0.3, 0.4) is 0 Å². The number of nitrogens with one attached hydrogen (secondary N) is 1. The number of carbonyl (C=O) groups is 1. The molecule has 2 aromatic heterocycles. The van der Waals surface area contributed by atoms with Crippen molar-refractivity contribution in [1.29, 1.82) is 0 Å². The number of aromatic nitrogens is 2. The van der Waals surface area contributed by atoms with Gasteiger partial charge >= 0.3 is 0 Å². The molecule has 176 valence electrons. The molecule has 8 nitrogen and oxygen atoms in total. The van der Waals surface area contributed by atoms with Crippen LogP contribution >= 0.6 is 22.9 Å². The maximum absolute atomic E-state index is 13.4. The van der Waals surface area contributed by atoms with Crippen LogP contribution in [-0.2, 0) is 21.2 Å². The van der Waals surface area contributed by atoms with Gasteiger partial charge in [0.05, 0.1) is 15.7 Å². The lowest BCUT2D eigenvalue weighted by molar-refractivity contribution is -0.126. The standard InChI is InChI=1S/C22H25ClN4O4S2/c1-14-20(12-19(32-14)21-25-15(2)31-26-21)33(29,30)27-11-3-4-17(13-27)22(28)24-10-9-16-5-7-18(23)8-6-16/h5-8,12,17H,3-4,9-11,13H2,1-2H3,(H,24,28)/t17-/m1/s1. The van der Waals surface area contributed by atoms with Crippen LogP contribution in [0.25, 0.3) is 10.7 Å². The minimum Gasteiger partial charge on any atom is -0.355 e. The molecule has 4 rings (SSSR count). The number of hydrogen-bond acceptors (Lipinski definition) is 7. The summed E-state index contributed by atoms with van der Waals surface area (Å²) < 4.78 is 33.2. The number of aryl methyl sites for hydroxylation is 2. The monoisotopic (exact) mass is 508 g/mol. The van der Waals surface area contributed by atoms with Crippen LogP contribution in [-0.4, -0.2) is 48.4 Å². The van der Waals surface area contributed by atoms with Crippen LogP contribution in [0.2, 0.25) is 5.02 Å². The van der Waals surface area contributed by atoms with Gasteiger partial charge in [-0.15, -0.1) is 11.3 Å². The summed E-state index contributed by atoms with van der Waals surface area (Å²) in [5, 5.41) is 7.50. The smallest absolute Gasteiger partial charge is 0.244 e. The third-order valence-corrected chi connectivity index (χ3v) is 9.04. The Morgan fingerprint density at radius 1 is 1.30 bits per heavy atom. The van der Waals surface area contributed by atoms with E-state index in [1.54, 1.807) is 19.9 Å². The maximum Gasteiger partial charge on any atom is 0.244 e. The van der Waals surface area contributed by atoms with Gasteiger partial charge in [0.15, 0.2) is 0 Å². The molecule has 1 amide bonds. The molecular formula is C22H25ClN4O4S2. The zero-order chi connectivity index (χ0) is 23.6.